The Kier molecular flexibility index (Phi) is 1.89. The molecular weight excluding hydrogens is 204 g/mol. The zero-order chi connectivity index (χ0) is 9.47. The Morgan fingerprint density at radius 2 is 2.00 bits per heavy atom. The third kappa shape index (κ3) is 1.59. The van der Waals surface area contributed by atoms with E-state index in [1.165, 1.54) is 6.26 Å². The first-order valence-electron chi connectivity index (χ1n) is 3.75. The maximum atomic E-state index is 11.2. The Morgan fingerprint density at radius 1 is 1.23 bits per heavy atom. The second kappa shape index (κ2) is 2.82. The Hall–Kier alpha value is -0.870. The minimum atomic E-state index is -3.07. The molecule has 0 aliphatic carbocycles. The monoisotopic (exact) mass is 212 g/mol. The van der Waals surface area contributed by atoms with E-state index in [2.05, 4.69) is 0 Å². The third-order valence-corrected chi connectivity index (χ3v) is 3.85. The van der Waals surface area contributed by atoms with Gasteiger partial charge in [-0.25, -0.2) is 8.42 Å². The standard InChI is InChI=1S/C9H8O2S2/c1-13(10,11)8-3-2-7-4-5-12-9(7)6-8/h2-6H,1H3. The third-order valence-electron chi connectivity index (χ3n) is 1.86. The lowest BCUT2D eigenvalue weighted by Crippen LogP contribution is -1.95. The fraction of sp³-hybridized carbons (Fsp3) is 0.111. The largest absolute Gasteiger partial charge is 0.224 e. The molecule has 0 spiro atoms. The molecule has 2 nitrogen and oxygen atoms in total. The van der Waals surface area contributed by atoms with Crippen molar-refractivity contribution in [3.05, 3.63) is 29.6 Å². The summed E-state index contributed by atoms with van der Waals surface area (Å²) < 4.78 is 23.4. The van der Waals surface area contributed by atoms with Crippen molar-refractivity contribution in [1.82, 2.24) is 0 Å². The van der Waals surface area contributed by atoms with Crippen molar-refractivity contribution < 1.29 is 8.42 Å². The first-order chi connectivity index (χ1) is 6.07. The lowest BCUT2D eigenvalue weighted by Gasteiger charge is -1.96. The maximum Gasteiger partial charge on any atom is 0.175 e. The Balaban J connectivity index is 2.75. The predicted octanol–water partition coefficient (Wildman–Crippen LogP) is 2.30. The van der Waals surface area contributed by atoms with Gasteiger partial charge in [0.25, 0.3) is 0 Å². The molecule has 13 heavy (non-hydrogen) atoms. The number of thiophene rings is 1. The molecule has 0 saturated heterocycles. The van der Waals surface area contributed by atoms with Gasteiger partial charge in [-0.15, -0.1) is 11.3 Å². The van der Waals surface area contributed by atoms with Crippen molar-refractivity contribution in [2.24, 2.45) is 0 Å². The molecule has 1 heterocycles. The summed E-state index contributed by atoms with van der Waals surface area (Å²) in [4.78, 5) is 0.391. The van der Waals surface area contributed by atoms with Crippen LogP contribution in [0.3, 0.4) is 0 Å². The fourth-order valence-corrected chi connectivity index (χ4v) is 2.72. The predicted molar refractivity (Wildman–Crippen MR) is 54.9 cm³/mol. The number of fused-ring (bicyclic) bond motifs is 1. The topological polar surface area (TPSA) is 34.1 Å². The van der Waals surface area contributed by atoms with E-state index in [1.54, 1.807) is 23.5 Å². The van der Waals surface area contributed by atoms with E-state index in [0.29, 0.717) is 4.90 Å². The summed E-state index contributed by atoms with van der Waals surface area (Å²) in [5.41, 5.74) is 0. The summed E-state index contributed by atoms with van der Waals surface area (Å²) >= 11 is 1.55. The van der Waals surface area contributed by atoms with Gasteiger partial charge >= 0.3 is 0 Å². The molecule has 1 aromatic carbocycles. The second-order valence-corrected chi connectivity index (χ2v) is 5.86. The molecule has 0 aliphatic heterocycles. The van der Waals surface area contributed by atoms with E-state index in [1.807, 2.05) is 17.5 Å². The molecule has 0 amide bonds. The van der Waals surface area contributed by atoms with E-state index < -0.39 is 9.84 Å². The van der Waals surface area contributed by atoms with E-state index in [9.17, 15) is 8.42 Å². The van der Waals surface area contributed by atoms with Crippen LogP contribution in [0.4, 0.5) is 0 Å². The van der Waals surface area contributed by atoms with Crippen LogP contribution in [0.5, 0.6) is 0 Å². The van der Waals surface area contributed by atoms with E-state index in [-0.39, 0.29) is 0 Å². The van der Waals surface area contributed by atoms with Crippen molar-refractivity contribution in [2.75, 3.05) is 6.26 Å². The molecule has 4 heteroatoms. The van der Waals surface area contributed by atoms with Gasteiger partial charge in [0.1, 0.15) is 0 Å². The Labute approximate surface area is 80.7 Å². The quantitative estimate of drug-likeness (QED) is 0.727. The number of rotatable bonds is 1. The lowest BCUT2D eigenvalue weighted by molar-refractivity contribution is 0.602. The average Bonchev–Trinajstić information content (AvgIpc) is 2.47. The van der Waals surface area contributed by atoms with Crippen LogP contribution in [0.2, 0.25) is 0 Å². The van der Waals surface area contributed by atoms with Crippen molar-refractivity contribution in [3.63, 3.8) is 0 Å². The second-order valence-electron chi connectivity index (χ2n) is 2.89. The summed E-state index contributed by atoms with van der Waals surface area (Å²) in [7, 11) is -3.07. The van der Waals surface area contributed by atoms with Crippen LogP contribution >= 0.6 is 11.3 Å². The molecule has 0 aliphatic rings. The first-order valence-corrected chi connectivity index (χ1v) is 6.52. The molecule has 0 fully saturated rings. The Bertz CT molecular complexity index is 537. The fourth-order valence-electron chi connectivity index (χ4n) is 1.17. The van der Waals surface area contributed by atoms with Crippen LogP contribution in [-0.2, 0) is 9.84 Å². The molecule has 0 saturated carbocycles. The molecule has 0 atom stereocenters. The summed E-state index contributed by atoms with van der Waals surface area (Å²) in [6.07, 6.45) is 1.22. The highest BCUT2D eigenvalue weighted by atomic mass is 32.2. The molecule has 68 valence electrons. The van der Waals surface area contributed by atoms with Crippen molar-refractivity contribution in [1.29, 1.82) is 0 Å². The zero-order valence-electron chi connectivity index (χ0n) is 7.02. The van der Waals surface area contributed by atoms with Gasteiger partial charge in [0.2, 0.25) is 0 Å². The minimum absolute atomic E-state index is 0.391. The average molecular weight is 212 g/mol. The van der Waals surface area contributed by atoms with Crippen LogP contribution in [0.1, 0.15) is 0 Å². The van der Waals surface area contributed by atoms with Crippen molar-refractivity contribution in [2.45, 2.75) is 4.90 Å². The summed E-state index contributed by atoms with van der Waals surface area (Å²) in [6.45, 7) is 0. The normalized spacial score (nSPS) is 12.1. The van der Waals surface area contributed by atoms with E-state index >= 15 is 0 Å². The number of sulfone groups is 1. The van der Waals surface area contributed by atoms with Gasteiger partial charge in [-0.05, 0) is 29.0 Å². The molecule has 0 unspecified atom stereocenters. The maximum absolute atomic E-state index is 11.2. The highest BCUT2D eigenvalue weighted by molar-refractivity contribution is 7.90. The summed E-state index contributed by atoms with van der Waals surface area (Å²) in [5, 5.41) is 3.05. The smallest absolute Gasteiger partial charge is 0.175 e. The van der Waals surface area contributed by atoms with Crippen LogP contribution in [0.25, 0.3) is 10.1 Å². The van der Waals surface area contributed by atoms with Crippen molar-refractivity contribution in [3.8, 4) is 0 Å². The van der Waals surface area contributed by atoms with Gasteiger partial charge in [0.05, 0.1) is 4.90 Å². The van der Waals surface area contributed by atoms with E-state index in [0.717, 1.165) is 10.1 Å². The molecule has 2 aromatic rings. The van der Waals surface area contributed by atoms with Gasteiger partial charge in [-0.2, -0.15) is 0 Å². The Morgan fingerprint density at radius 3 is 2.69 bits per heavy atom. The molecule has 1 aromatic heterocycles. The van der Waals surface area contributed by atoms with E-state index in [4.69, 9.17) is 0 Å². The van der Waals surface area contributed by atoms with Gasteiger partial charge < -0.3 is 0 Å². The first kappa shape index (κ1) is 8.72. The highest BCUT2D eigenvalue weighted by Gasteiger charge is 2.07. The molecular formula is C9H8O2S2. The van der Waals surface area contributed by atoms with Crippen LogP contribution in [-0.4, -0.2) is 14.7 Å². The van der Waals surface area contributed by atoms with Crippen LogP contribution < -0.4 is 0 Å². The van der Waals surface area contributed by atoms with Gasteiger partial charge in [0, 0.05) is 11.0 Å². The number of hydrogen-bond acceptors (Lipinski definition) is 3. The zero-order valence-corrected chi connectivity index (χ0v) is 8.65. The molecule has 2 rings (SSSR count). The molecule has 0 radical (unpaired) electrons. The molecule has 0 bridgehead atoms. The van der Waals surface area contributed by atoms with Gasteiger partial charge in [-0.3, -0.25) is 0 Å². The lowest BCUT2D eigenvalue weighted by atomic mass is 10.3. The minimum Gasteiger partial charge on any atom is -0.224 e. The van der Waals surface area contributed by atoms with Crippen LogP contribution in [0, 0.1) is 0 Å². The number of hydrogen-bond donors (Lipinski definition) is 0. The van der Waals surface area contributed by atoms with Gasteiger partial charge in [0.15, 0.2) is 9.84 Å². The molecule has 0 N–H and O–H groups in total. The van der Waals surface area contributed by atoms with Gasteiger partial charge in [-0.1, -0.05) is 6.07 Å². The summed E-state index contributed by atoms with van der Waals surface area (Å²) in [6, 6.07) is 7.17. The van der Waals surface area contributed by atoms with Crippen LogP contribution in [0.15, 0.2) is 34.5 Å². The van der Waals surface area contributed by atoms with Crippen molar-refractivity contribution >= 4 is 31.3 Å². The number of benzene rings is 1. The SMILES string of the molecule is CS(=O)(=O)c1ccc2ccsc2c1. The highest BCUT2D eigenvalue weighted by Crippen LogP contribution is 2.23. The summed E-state index contributed by atoms with van der Waals surface area (Å²) in [5.74, 6) is 0.